The predicted molar refractivity (Wildman–Crippen MR) is 105 cm³/mol. The van der Waals surface area contributed by atoms with E-state index in [1.807, 2.05) is 24.3 Å². The van der Waals surface area contributed by atoms with Crippen molar-refractivity contribution in [2.24, 2.45) is 0 Å². The van der Waals surface area contributed by atoms with E-state index in [1.54, 1.807) is 30.3 Å². The molecule has 138 valence electrons. The highest BCUT2D eigenvalue weighted by molar-refractivity contribution is 6.32. The molecule has 0 aliphatic carbocycles. The highest BCUT2D eigenvalue weighted by Crippen LogP contribution is 2.34. The minimum absolute atomic E-state index is 0.0154. The van der Waals surface area contributed by atoms with Crippen molar-refractivity contribution in [1.82, 2.24) is 0 Å². The largest absolute Gasteiger partial charge is 0.506 e. The van der Waals surface area contributed by atoms with Gasteiger partial charge in [-0.25, -0.2) is 0 Å². The van der Waals surface area contributed by atoms with E-state index in [9.17, 15) is 5.11 Å². The highest BCUT2D eigenvalue weighted by atomic mass is 35.5. The van der Waals surface area contributed by atoms with E-state index in [-0.39, 0.29) is 10.8 Å². The van der Waals surface area contributed by atoms with Crippen molar-refractivity contribution >= 4 is 22.6 Å². The van der Waals surface area contributed by atoms with Gasteiger partial charge in [-0.05, 0) is 36.4 Å². The van der Waals surface area contributed by atoms with Crippen LogP contribution in [0.5, 0.6) is 23.2 Å². The molecular weight excluding hydrogens is 378 g/mol. The van der Waals surface area contributed by atoms with Crippen LogP contribution < -0.4 is 9.47 Å². The Balaban J connectivity index is 1.51. The third-order valence-corrected chi connectivity index (χ3v) is 4.44. The summed E-state index contributed by atoms with van der Waals surface area (Å²) in [5, 5.41) is 19.6. The zero-order valence-electron chi connectivity index (χ0n) is 14.6. The zero-order valence-corrected chi connectivity index (χ0v) is 15.3. The first-order valence-corrected chi connectivity index (χ1v) is 8.81. The Morgan fingerprint density at radius 1 is 1.00 bits per heavy atom. The van der Waals surface area contributed by atoms with Crippen LogP contribution in [-0.4, -0.2) is 5.11 Å². The lowest BCUT2D eigenvalue weighted by Gasteiger charge is -2.07. The number of benzene rings is 3. The molecule has 0 fully saturated rings. The number of nitriles is 1. The van der Waals surface area contributed by atoms with Crippen molar-refractivity contribution in [2.75, 3.05) is 0 Å². The summed E-state index contributed by atoms with van der Waals surface area (Å²) >= 11 is 5.89. The van der Waals surface area contributed by atoms with Crippen LogP contribution in [0, 0.1) is 11.3 Å². The van der Waals surface area contributed by atoms with Crippen LogP contribution in [0.15, 0.2) is 71.1 Å². The Hall–Kier alpha value is -3.62. The minimum Gasteiger partial charge on any atom is -0.506 e. The maximum Gasteiger partial charge on any atom is 0.291 e. The fourth-order valence-electron chi connectivity index (χ4n) is 2.72. The molecule has 0 atom stereocenters. The predicted octanol–water partition coefficient (Wildman–Crippen LogP) is 6.03. The number of phenols is 1. The smallest absolute Gasteiger partial charge is 0.291 e. The van der Waals surface area contributed by atoms with Crippen molar-refractivity contribution in [3.63, 3.8) is 0 Å². The number of aromatic hydroxyl groups is 1. The molecule has 28 heavy (non-hydrogen) atoms. The first kappa shape index (κ1) is 17.8. The number of phenolic OH excluding ortho intramolecular Hbond substituents is 1. The summed E-state index contributed by atoms with van der Waals surface area (Å²) in [6.07, 6.45) is 0. The van der Waals surface area contributed by atoms with Gasteiger partial charge in [0.2, 0.25) is 0 Å². The number of hydrogen-bond donors (Lipinski definition) is 1. The lowest BCUT2D eigenvalue weighted by Crippen LogP contribution is -1.97. The summed E-state index contributed by atoms with van der Waals surface area (Å²) in [6, 6.07) is 21.2. The summed E-state index contributed by atoms with van der Waals surface area (Å²) in [5.41, 5.74) is 2.06. The minimum atomic E-state index is -0.0154. The monoisotopic (exact) mass is 391 g/mol. The van der Waals surface area contributed by atoms with Crippen LogP contribution in [0.1, 0.15) is 11.1 Å². The molecule has 0 aliphatic rings. The average molecular weight is 392 g/mol. The molecule has 0 aliphatic heterocycles. The zero-order chi connectivity index (χ0) is 19.5. The van der Waals surface area contributed by atoms with E-state index < -0.39 is 0 Å². The van der Waals surface area contributed by atoms with Crippen LogP contribution in [0.2, 0.25) is 5.02 Å². The lowest BCUT2D eigenvalue weighted by atomic mass is 10.1. The topological polar surface area (TPSA) is 75.6 Å². The van der Waals surface area contributed by atoms with E-state index in [2.05, 4.69) is 6.07 Å². The van der Waals surface area contributed by atoms with E-state index in [4.69, 9.17) is 30.8 Å². The van der Waals surface area contributed by atoms with Crippen LogP contribution in [0.3, 0.4) is 0 Å². The first-order valence-electron chi connectivity index (χ1n) is 8.43. The summed E-state index contributed by atoms with van der Waals surface area (Å²) < 4.78 is 17.1. The van der Waals surface area contributed by atoms with Gasteiger partial charge in [0.15, 0.2) is 0 Å². The SMILES string of the molecule is N#Cc1ccccc1COc1ccc2oc(Oc3ccc(O)c(Cl)c3)cc2c1. The Bertz CT molecular complexity index is 1190. The van der Waals surface area contributed by atoms with Gasteiger partial charge in [0.25, 0.3) is 5.95 Å². The standard InChI is InChI=1S/C22H14ClNO4/c23-19-11-18(5-7-20(19)25)27-22-10-16-9-17(6-8-21(16)28-22)26-13-15-4-2-1-3-14(15)12-24/h1-11,25H,13H2. The van der Waals surface area contributed by atoms with Crippen LogP contribution >= 0.6 is 11.6 Å². The van der Waals surface area contributed by atoms with Crippen molar-refractivity contribution < 1.29 is 19.0 Å². The van der Waals surface area contributed by atoms with Crippen LogP contribution in [0.4, 0.5) is 0 Å². The molecule has 0 bridgehead atoms. The Morgan fingerprint density at radius 3 is 2.64 bits per heavy atom. The lowest BCUT2D eigenvalue weighted by molar-refractivity contribution is 0.306. The van der Waals surface area contributed by atoms with Gasteiger partial charge in [0.1, 0.15) is 29.4 Å². The van der Waals surface area contributed by atoms with Gasteiger partial charge in [-0.3, -0.25) is 0 Å². The Labute approximate surface area is 165 Å². The number of halogens is 1. The van der Waals surface area contributed by atoms with Gasteiger partial charge in [-0.15, -0.1) is 0 Å². The first-order chi connectivity index (χ1) is 13.6. The molecule has 0 unspecified atom stereocenters. The van der Waals surface area contributed by atoms with Crippen LogP contribution in [0.25, 0.3) is 11.0 Å². The number of hydrogen-bond acceptors (Lipinski definition) is 5. The van der Waals surface area contributed by atoms with Gasteiger partial charge < -0.3 is 19.0 Å². The maximum atomic E-state index is 9.48. The number of rotatable bonds is 5. The molecule has 1 heterocycles. The molecule has 0 saturated heterocycles. The number of furan rings is 1. The van der Waals surface area contributed by atoms with E-state index >= 15 is 0 Å². The molecule has 4 rings (SSSR count). The molecule has 0 radical (unpaired) electrons. The third-order valence-electron chi connectivity index (χ3n) is 4.13. The number of nitrogens with zero attached hydrogens (tertiary/aromatic N) is 1. The van der Waals surface area contributed by atoms with Gasteiger partial charge in [-0.2, -0.15) is 5.26 Å². The van der Waals surface area contributed by atoms with Crippen molar-refractivity contribution in [1.29, 1.82) is 5.26 Å². The maximum absolute atomic E-state index is 9.48. The second kappa shape index (κ2) is 7.55. The fraction of sp³-hybridized carbons (Fsp3) is 0.0455. The molecule has 6 heteroatoms. The molecular formula is C22H14ClNO4. The molecule has 1 aromatic heterocycles. The summed E-state index contributed by atoms with van der Waals surface area (Å²) in [5.74, 6) is 1.38. The van der Waals surface area contributed by atoms with E-state index in [1.165, 1.54) is 12.1 Å². The van der Waals surface area contributed by atoms with Crippen LogP contribution in [-0.2, 0) is 6.61 Å². The Kier molecular flexibility index (Phi) is 4.79. The van der Waals surface area contributed by atoms with Gasteiger partial charge in [-0.1, -0.05) is 29.8 Å². The summed E-state index contributed by atoms with van der Waals surface area (Å²) in [7, 11) is 0. The molecule has 0 spiro atoms. The normalized spacial score (nSPS) is 10.6. The van der Waals surface area contributed by atoms with Crippen molar-refractivity contribution in [3.8, 4) is 29.3 Å². The fourth-order valence-corrected chi connectivity index (χ4v) is 2.89. The summed E-state index contributed by atoms with van der Waals surface area (Å²) in [4.78, 5) is 0. The van der Waals surface area contributed by atoms with E-state index in [0.717, 1.165) is 10.9 Å². The molecule has 0 amide bonds. The van der Waals surface area contributed by atoms with Gasteiger partial charge >= 0.3 is 0 Å². The van der Waals surface area contributed by atoms with Crippen molar-refractivity contribution in [2.45, 2.75) is 6.61 Å². The second-order valence-corrected chi connectivity index (χ2v) is 6.45. The van der Waals surface area contributed by atoms with E-state index in [0.29, 0.717) is 35.2 Å². The molecule has 5 nitrogen and oxygen atoms in total. The molecule has 0 saturated carbocycles. The highest BCUT2D eigenvalue weighted by Gasteiger charge is 2.09. The number of ether oxygens (including phenoxy) is 2. The van der Waals surface area contributed by atoms with Gasteiger partial charge in [0.05, 0.1) is 16.7 Å². The average Bonchev–Trinajstić information content (AvgIpc) is 3.11. The van der Waals surface area contributed by atoms with Gasteiger partial charge in [0, 0.05) is 23.1 Å². The van der Waals surface area contributed by atoms with Crippen molar-refractivity contribution in [3.05, 3.63) is 82.9 Å². The number of fused-ring (bicyclic) bond motifs is 1. The quantitative estimate of drug-likeness (QED) is 0.449. The Morgan fingerprint density at radius 2 is 1.82 bits per heavy atom. The molecule has 3 aromatic carbocycles. The second-order valence-electron chi connectivity index (χ2n) is 6.04. The third kappa shape index (κ3) is 3.73. The molecule has 1 N–H and O–H groups in total. The summed E-state index contributed by atoms with van der Waals surface area (Å²) in [6.45, 7) is 0.294. The molecule has 4 aromatic rings.